The number of carbonyl (C=O) groups excluding carboxylic acids is 2. The first-order valence-corrected chi connectivity index (χ1v) is 10.6. The molecule has 0 spiro atoms. The van der Waals surface area contributed by atoms with E-state index in [1.165, 1.54) is 40.8 Å². The van der Waals surface area contributed by atoms with Crippen LogP contribution >= 0.6 is 46.3 Å². The average molecular weight is 453 g/mol. The Kier molecular flexibility index (Phi) is 7.27. The molecule has 2 amide bonds. The van der Waals surface area contributed by atoms with Gasteiger partial charge in [-0.05, 0) is 23.8 Å². The topological polar surface area (TPSA) is 84.0 Å². The van der Waals surface area contributed by atoms with Crippen molar-refractivity contribution in [1.29, 1.82) is 0 Å². The second kappa shape index (κ2) is 9.88. The van der Waals surface area contributed by atoms with Crippen LogP contribution in [-0.2, 0) is 10.5 Å². The van der Waals surface area contributed by atoms with E-state index in [9.17, 15) is 9.59 Å². The van der Waals surface area contributed by atoms with Crippen molar-refractivity contribution in [3.63, 3.8) is 0 Å². The number of halogens is 2. The zero-order chi connectivity index (χ0) is 19.9. The maximum absolute atomic E-state index is 12.1. The highest BCUT2D eigenvalue weighted by Crippen LogP contribution is 2.28. The number of carbonyl (C=O) groups is 2. The van der Waals surface area contributed by atoms with Gasteiger partial charge in [-0.25, -0.2) is 0 Å². The second-order valence-electron chi connectivity index (χ2n) is 5.50. The van der Waals surface area contributed by atoms with Gasteiger partial charge >= 0.3 is 0 Å². The zero-order valence-corrected chi connectivity index (χ0v) is 17.5. The Hall–Kier alpha value is -2.13. The van der Waals surface area contributed by atoms with Gasteiger partial charge in [0.1, 0.15) is 0 Å². The maximum Gasteiger partial charge on any atom is 0.253 e. The number of thioether (sulfide) groups is 1. The third kappa shape index (κ3) is 5.93. The van der Waals surface area contributed by atoms with Crippen molar-refractivity contribution >= 4 is 63.2 Å². The summed E-state index contributed by atoms with van der Waals surface area (Å²) in [7, 11) is 0. The third-order valence-corrected chi connectivity index (χ3v) is 6.03. The van der Waals surface area contributed by atoms with Gasteiger partial charge in [0.15, 0.2) is 4.34 Å². The van der Waals surface area contributed by atoms with Gasteiger partial charge in [0.25, 0.3) is 5.91 Å². The van der Waals surface area contributed by atoms with E-state index in [2.05, 4.69) is 20.8 Å². The van der Waals surface area contributed by atoms with E-state index in [0.29, 0.717) is 10.2 Å². The van der Waals surface area contributed by atoms with Crippen LogP contribution in [0.25, 0.3) is 0 Å². The Morgan fingerprint density at radius 1 is 1.07 bits per heavy atom. The molecule has 1 aromatic heterocycles. The molecule has 3 rings (SSSR count). The number of hydrogen-bond acceptors (Lipinski definition) is 6. The van der Waals surface area contributed by atoms with Crippen molar-refractivity contribution in [3.8, 4) is 0 Å². The number of aromatic nitrogens is 2. The molecule has 3 aromatic rings. The van der Waals surface area contributed by atoms with Gasteiger partial charge in [0, 0.05) is 10.8 Å². The predicted molar refractivity (Wildman–Crippen MR) is 113 cm³/mol. The summed E-state index contributed by atoms with van der Waals surface area (Å²) < 4.78 is 0.746. The van der Waals surface area contributed by atoms with Crippen molar-refractivity contribution in [3.05, 3.63) is 69.7 Å². The van der Waals surface area contributed by atoms with Crippen molar-refractivity contribution in [2.75, 3.05) is 11.9 Å². The van der Waals surface area contributed by atoms with Crippen LogP contribution in [0.15, 0.2) is 52.9 Å². The lowest BCUT2D eigenvalue weighted by Crippen LogP contribution is -2.33. The number of amides is 2. The molecule has 0 aliphatic carbocycles. The summed E-state index contributed by atoms with van der Waals surface area (Å²) in [5, 5.41) is 14.1. The SMILES string of the molecule is O=C(CNC(=O)c1ccc(Cl)cc1Cl)Nc1nnc(SCc2ccccc2)s1. The highest BCUT2D eigenvalue weighted by molar-refractivity contribution is 8.00. The number of anilines is 1. The van der Waals surface area contributed by atoms with E-state index in [1.54, 1.807) is 6.07 Å². The lowest BCUT2D eigenvalue weighted by Gasteiger charge is -2.06. The molecule has 6 nitrogen and oxygen atoms in total. The van der Waals surface area contributed by atoms with Gasteiger partial charge in [-0.1, -0.05) is 76.6 Å². The Morgan fingerprint density at radius 2 is 1.86 bits per heavy atom. The number of benzene rings is 2. The van der Waals surface area contributed by atoms with Crippen LogP contribution in [0.1, 0.15) is 15.9 Å². The fraction of sp³-hybridized carbons (Fsp3) is 0.111. The number of rotatable bonds is 7. The van der Waals surface area contributed by atoms with Gasteiger partial charge < -0.3 is 5.32 Å². The van der Waals surface area contributed by atoms with Crippen LogP contribution in [0, 0.1) is 0 Å². The summed E-state index contributed by atoms with van der Waals surface area (Å²) in [5.74, 6) is -0.108. The van der Waals surface area contributed by atoms with Gasteiger partial charge in [0.05, 0.1) is 17.1 Å². The molecule has 0 fully saturated rings. The van der Waals surface area contributed by atoms with Crippen LogP contribution in [0.2, 0.25) is 10.0 Å². The molecule has 0 aliphatic heterocycles. The third-order valence-electron chi connectivity index (χ3n) is 3.44. The molecule has 144 valence electrons. The Balaban J connectivity index is 1.47. The Bertz CT molecular complexity index is 983. The van der Waals surface area contributed by atoms with E-state index >= 15 is 0 Å². The molecule has 10 heteroatoms. The molecule has 2 N–H and O–H groups in total. The molecule has 0 atom stereocenters. The highest BCUT2D eigenvalue weighted by Gasteiger charge is 2.13. The minimum atomic E-state index is -0.465. The van der Waals surface area contributed by atoms with Crippen molar-refractivity contribution < 1.29 is 9.59 Å². The van der Waals surface area contributed by atoms with Crippen molar-refractivity contribution in [2.24, 2.45) is 0 Å². The Labute approximate surface area is 179 Å². The minimum Gasteiger partial charge on any atom is -0.343 e. The van der Waals surface area contributed by atoms with E-state index < -0.39 is 11.8 Å². The lowest BCUT2D eigenvalue weighted by atomic mass is 10.2. The first-order valence-electron chi connectivity index (χ1n) is 8.04. The van der Waals surface area contributed by atoms with Crippen LogP contribution in [-0.4, -0.2) is 28.6 Å². The summed E-state index contributed by atoms with van der Waals surface area (Å²) in [4.78, 5) is 24.1. The highest BCUT2D eigenvalue weighted by atomic mass is 35.5. The molecule has 0 aliphatic rings. The molecule has 28 heavy (non-hydrogen) atoms. The van der Waals surface area contributed by atoms with Gasteiger partial charge in [0.2, 0.25) is 11.0 Å². The molecule has 1 heterocycles. The first-order chi connectivity index (χ1) is 13.5. The average Bonchev–Trinajstić information content (AvgIpc) is 3.12. The van der Waals surface area contributed by atoms with Crippen LogP contribution < -0.4 is 10.6 Å². The monoisotopic (exact) mass is 452 g/mol. The fourth-order valence-corrected chi connectivity index (χ4v) is 4.35. The second-order valence-corrected chi connectivity index (χ2v) is 8.55. The van der Waals surface area contributed by atoms with Crippen LogP contribution in [0.3, 0.4) is 0 Å². The first kappa shape index (κ1) is 20.6. The summed E-state index contributed by atoms with van der Waals surface area (Å²) in [6.07, 6.45) is 0. The normalized spacial score (nSPS) is 10.5. The largest absolute Gasteiger partial charge is 0.343 e. The van der Waals surface area contributed by atoms with Gasteiger partial charge in [-0.15, -0.1) is 10.2 Å². The van der Waals surface area contributed by atoms with Gasteiger partial charge in [-0.2, -0.15) is 0 Å². The lowest BCUT2D eigenvalue weighted by molar-refractivity contribution is -0.115. The molecule has 0 saturated heterocycles. The summed E-state index contributed by atoms with van der Waals surface area (Å²) in [6, 6.07) is 14.5. The standard InChI is InChI=1S/C18H14Cl2N4O2S2/c19-12-6-7-13(14(20)8-12)16(26)21-9-15(25)22-17-23-24-18(28-17)27-10-11-4-2-1-3-5-11/h1-8H,9-10H2,(H,21,26)(H,22,23,25). The summed E-state index contributed by atoms with van der Waals surface area (Å²) in [5.41, 5.74) is 1.42. The molecule has 0 unspecified atom stereocenters. The minimum absolute atomic E-state index is 0.217. The van der Waals surface area contributed by atoms with Gasteiger partial charge in [-0.3, -0.25) is 14.9 Å². The molecule has 0 bridgehead atoms. The molecule has 0 radical (unpaired) electrons. The van der Waals surface area contributed by atoms with Crippen LogP contribution in [0.5, 0.6) is 0 Å². The maximum atomic E-state index is 12.1. The number of nitrogens with one attached hydrogen (secondary N) is 2. The van der Waals surface area contributed by atoms with Crippen molar-refractivity contribution in [2.45, 2.75) is 10.1 Å². The molecular weight excluding hydrogens is 439 g/mol. The number of nitrogens with zero attached hydrogens (tertiary/aromatic N) is 2. The fourth-order valence-electron chi connectivity index (χ4n) is 2.13. The Morgan fingerprint density at radius 3 is 2.61 bits per heavy atom. The smallest absolute Gasteiger partial charge is 0.253 e. The number of hydrogen-bond donors (Lipinski definition) is 2. The quantitative estimate of drug-likeness (QED) is 0.407. The zero-order valence-electron chi connectivity index (χ0n) is 14.3. The van der Waals surface area contributed by atoms with Crippen LogP contribution in [0.4, 0.5) is 5.13 Å². The van der Waals surface area contributed by atoms with E-state index in [-0.39, 0.29) is 17.1 Å². The van der Waals surface area contributed by atoms with E-state index in [1.807, 2.05) is 30.3 Å². The predicted octanol–water partition coefficient (Wildman–Crippen LogP) is 4.51. The summed E-state index contributed by atoms with van der Waals surface area (Å²) in [6.45, 7) is -0.218. The molecular formula is C18H14Cl2N4O2S2. The van der Waals surface area contributed by atoms with E-state index in [0.717, 1.165) is 10.1 Å². The summed E-state index contributed by atoms with van der Waals surface area (Å²) >= 11 is 14.6. The molecule has 0 saturated carbocycles. The van der Waals surface area contributed by atoms with Crippen molar-refractivity contribution in [1.82, 2.24) is 15.5 Å². The van der Waals surface area contributed by atoms with E-state index in [4.69, 9.17) is 23.2 Å². The molecule has 2 aromatic carbocycles.